The van der Waals surface area contributed by atoms with Gasteiger partial charge in [-0.05, 0) is 42.5 Å². The van der Waals surface area contributed by atoms with Gasteiger partial charge in [-0.1, -0.05) is 23.2 Å². The summed E-state index contributed by atoms with van der Waals surface area (Å²) in [6.45, 7) is 0.366. The van der Waals surface area contributed by atoms with Gasteiger partial charge in [-0.2, -0.15) is 0 Å². The Labute approximate surface area is 132 Å². The molecule has 2 rings (SSSR count). The second kappa shape index (κ2) is 7.50. The number of anilines is 1. The van der Waals surface area contributed by atoms with Crippen molar-refractivity contribution < 1.29 is 14.2 Å². The average molecular weight is 330 g/mol. The minimum Gasteiger partial charge on any atom is -0.491 e. The smallest absolute Gasteiger partial charge is 0.123 e. The molecular weight excluding hydrogens is 316 g/mol. The van der Waals surface area contributed by atoms with Crippen LogP contribution in [0.1, 0.15) is 0 Å². The molecule has 1 atom stereocenters. The van der Waals surface area contributed by atoms with Crippen LogP contribution in [0, 0.1) is 5.82 Å². The number of hydrogen-bond donors (Lipinski definition) is 2. The van der Waals surface area contributed by atoms with E-state index in [1.54, 1.807) is 18.2 Å². The van der Waals surface area contributed by atoms with Gasteiger partial charge >= 0.3 is 0 Å². The van der Waals surface area contributed by atoms with Gasteiger partial charge in [0.25, 0.3) is 0 Å². The number of nitrogens with one attached hydrogen (secondary N) is 1. The first kappa shape index (κ1) is 15.9. The number of hydrogen-bond acceptors (Lipinski definition) is 3. The van der Waals surface area contributed by atoms with Crippen molar-refractivity contribution in [3.8, 4) is 5.75 Å². The Bertz CT molecular complexity index is 572. The van der Waals surface area contributed by atoms with Crippen molar-refractivity contribution in [1.82, 2.24) is 0 Å². The summed E-state index contributed by atoms with van der Waals surface area (Å²) in [5.41, 5.74) is 0.716. The molecule has 0 heterocycles. The van der Waals surface area contributed by atoms with Crippen molar-refractivity contribution in [2.75, 3.05) is 18.5 Å². The Hall–Kier alpha value is -1.49. The Balaban J connectivity index is 1.79. The van der Waals surface area contributed by atoms with Crippen molar-refractivity contribution in [3.05, 3.63) is 58.3 Å². The molecule has 0 aromatic heterocycles. The zero-order valence-corrected chi connectivity index (χ0v) is 12.5. The summed E-state index contributed by atoms with van der Waals surface area (Å²) in [6.07, 6.45) is -0.729. The standard InChI is InChI=1S/C15H14Cl2FNO2/c16-10-5-11(17)7-13(6-10)19-8-14(20)9-21-15-3-1-12(18)2-4-15/h1-7,14,19-20H,8-9H2. The van der Waals surface area contributed by atoms with Gasteiger partial charge in [0.2, 0.25) is 0 Å². The van der Waals surface area contributed by atoms with Gasteiger partial charge in [0.05, 0.1) is 0 Å². The lowest BCUT2D eigenvalue weighted by Crippen LogP contribution is -2.26. The van der Waals surface area contributed by atoms with Crippen molar-refractivity contribution in [3.63, 3.8) is 0 Å². The molecule has 0 saturated carbocycles. The maximum Gasteiger partial charge on any atom is 0.123 e. The fourth-order valence-corrected chi connectivity index (χ4v) is 2.20. The van der Waals surface area contributed by atoms with E-state index in [0.717, 1.165) is 0 Å². The lowest BCUT2D eigenvalue weighted by atomic mass is 10.3. The van der Waals surface area contributed by atoms with Crippen LogP contribution in [0.5, 0.6) is 5.75 Å². The van der Waals surface area contributed by atoms with E-state index in [9.17, 15) is 9.50 Å². The topological polar surface area (TPSA) is 41.5 Å². The van der Waals surface area contributed by atoms with Crippen LogP contribution in [0.2, 0.25) is 10.0 Å². The highest BCUT2D eigenvalue weighted by Gasteiger charge is 2.06. The zero-order chi connectivity index (χ0) is 15.2. The average Bonchev–Trinajstić information content (AvgIpc) is 2.43. The molecule has 0 aliphatic heterocycles. The summed E-state index contributed by atoms with van der Waals surface area (Å²) in [7, 11) is 0. The zero-order valence-electron chi connectivity index (χ0n) is 11.0. The lowest BCUT2D eigenvalue weighted by Gasteiger charge is -2.14. The highest BCUT2D eigenvalue weighted by molar-refractivity contribution is 6.35. The number of ether oxygens (including phenoxy) is 1. The van der Waals surface area contributed by atoms with Gasteiger partial charge < -0.3 is 15.2 Å². The third-order valence-corrected chi connectivity index (χ3v) is 3.10. The van der Waals surface area contributed by atoms with Crippen LogP contribution in [0.15, 0.2) is 42.5 Å². The van der Waals surface area contributed by atoms with Crippen LogP contribution < -0.4 is 10.1 Å². The molecule has 2 N–H and O–H groups in total. The number of halogens is 3. The monoisotopic (exact) mass is 329 g/mol. The molecule has 1 unspecified atom stereocenters. The SMILES string of the molecule is OC(CNc1cc(Cl)cc(Cl)c1)COc1ccc(F)cc1. The lowest BCUT2D eigenvalue weighted by molar-refractivity contribution is 0.117. The molecule has 6 heteroatoms. The highest BCUT2D eigenvalue weighted by Crippen LogP contribution is 2.22. The van der Waals surface area contributed by atoms with Crippen LogP contribution in [0.25, 0.3) is 0 Å². The summed E-state index contributed by atoms with van der Waals surface area (Å²) in [4.78, 5) is 0. The first-order valence-corrected chi connectivity index (χ1v) is 7.05. The van der Waals surface area contributed by atoms with E-state index >= 15 is 0 Å². The van der Waals surface area contributed by atoms with E-state index in [2.05, 4.69) is 5.32 Å². The quantitative estimate of drug-likeness (QED) is 0.842. The van der Waals surface area contributed by atoms with Crippen LogP contribution in [-0.2, 0) is 0 Å². The molecule has 2 aromatic rings. The Kier molecular flexibility index (Phi) is 5.67. The summed E-state index contributed by atoms with van der Waals surface area (Å²) >= 11 is 11.8. The van der Waals surface area contributed by atoms with Crippen LogP contribution in [0.3, 0.4) is 0 Å². The molecule has 0 spiro atoms. The minimum absolute atomic E-state index is 0.0902. The predicted molar refractivity (Wildman–Crippen MR) is 82.9 cm³/mol. The van der Waals surface area contributed by atoms with E-state index in [0.29, 0.717) is 21.5 Å². The predicted octanol–water partition coefficient (Wildman–Crippen LogP) is 3.98. The fourth-order valence-electron chi connectivity index (χ4n) is 1.67. The molecule has 2 aromatic carbocycles. The highest BCUT2D eigenvalue weighted by atomic mass is 35.5. The van der Waals surface area contributed by atoms with E-state index in [-0.39, 0.29) is 19.0 Å². The van der Waals surface area contributed by atoms with Crippen molar-refractivity contribution in [2.24, 2.45) is 0 Å². The van der Waals surface area contributed by atoms with Gasteiger partial charge in [0.1, 0.15) is 24.3 Å². The van der Waals surface area contributed by atoms with Gasteiger partial charge in [-0.3, -0.25) is 0 Å². The molecular formula is C15H14Cl2FNO2. The van der Waals surface area contributed by atoms with Crippen LogP contribution in [-0.4, -0.2) is 24.4 Å². The third-order valence-electron chi connectivity index (χ3n) is 2.66. The fraction of sp³-hybridized carbons (Fsp3) is 0.200. The second-order valence-corrected chi connectivity index (χ2v) is 5.33. The molecule has 112 valence electrons. The molecule has 0 saturated heterocycles. The van der Waals surface area contributed by atoms with E-state index in [1.165, 1.54) is 24.3 Å². The maximum absolute atomic E-state index is 12.7. The van der Waals surface area contributed by atoms with E-state index in [1.807, 2.05) is 0 Å². The van der Waals surface area contributed by atoms with Gasteiger partial charge in [-0.25, -0.2) is 4.39 Å². The molecule has 21 heavy (non-hydrogen) atoms. The third kappa shape index (κ3) is 5.42. The molecule has 0 fully saturated rings. The van der Waals surface area contributed by atoms with E-state index in [4.69, 9.17) is 27.9 Å². The summed E-state index contributed by atoms with van der Waals surface area (Å²) in [6, 6.07) is 10.7. The second-order valence-electron chi connectivity index (χ2n) is 4.46. The molecule has 0 radical (unpaired) electrons. The summed E-state index contributed by atoms with van der Waals surface area (Å²) in [5.74, 6) is 0.170. The van der Waals surface area contributed by atoms with Gasteiger partial charge in [-0.15, -0.1) is 0 Å². The van der Waals surface area contributed by atoms with Crippen molar-refractivity contribution >= 4 is 28.9 Å². The minimum atomic E-state index is -0.729. The first-order valence-electron chi connectivity index (χ1n) is 6.29. The number of aliphatic hydroxyl groups is 1. The van der Waals surface area contributed by atoms with Crippen molar-refractivity contribution in [1.29, 1.82) is 0 Å². The molecule has 0 aliphatic carbocycles. The first-order chi connectivity index (χ1) is 10.0. The number of aliphatic hydroxyl groups excluding tert-OH is 1. The van der Waals surface area contributed by atoms with Crippen LogP contribution >= 0.6 is 23.2 Å². The Morgan fingerprint density at radius 2 is 1.71 bits per heavy atom. The normalized spacial score (nSPS) is 12.0. The largest absolute Gasteiger partial charge is 0.491 e. The van der Waals surface area contributed by atoms with Crippen molar-refractivity contribution in [2.45, 2.75) is 6.10 Å². The number of rotatable bonds is 6. The molecule has 0 bridgehead atoms. The summed E-state index contributed by atoms with van der Waals surface area (Å²) in [5, 5.41) is 13.9. The molecule has 0 amide bonds. The Morgan fingerprint density at radius 3 is 2.33 bits per heavy atom. The Morgan fingerprint density at radius 1 is 1.10 bits per heavy atom. The van der Waals surface area contributed by atoms with Gasteiger partial charge in [0, 0.05) is 22.3 Å². The van der Waals surface area contributed by atoms with E-state index < -0.39 is 6.10 Å². The number of benzene rings is 2. The van der Waals surface area contributed by atoms with Crippen LogP contribution in [0.4, 0.5) is 10.1 Å². The maximum atomic E-state index is 12.7. The molecule has 3 nitrogen and oxygen atoms in total. The summed E-state index contributed by atoms with van der Waals surface area (Å²) < 4.78 is 18.1. The van der Waals surface area contributed by atoms with Gasteiger partial charge in [0.15, 0.2) is 0 Å². The molecule has 0 aliphatic rings.